The summed E-state index contributed by atoms with van der Waals surface area (Å²) in [5.74, 6) is -0.312. The summed E-state index contributed by atoms with van der Waals surface area (Å²) in [5, 5.41) is 5.67. The monoisotopic (exact) mass is 326 g/mol. The van der Waals surface area contributed by atoms with Gasteiger partial charge in [0.2, 0.25) is 0 Å². The minimum absolute atomic E-state index is 0.151. The molecule has 0 unspecified atom stereocenters. The number of rotatable bonds is 8. The number of amides is 2. The Balaban J connectivity index is 1.84. The first-order valence-electron chi connectivity index (χ1n) is 7.90. The molecule has 0 bridgehead atoms. The third-order valence-corrected chi connectivity index (χ3v) is 3.52. The van der Waals surface area contributed by atoms with Gasteiger partial charge in [-0.1, -0.05) is 30.3 Å². The summed E-state index contributed by atoms with van der Waals surface area (Å²) in [7, 11) is 1.63. The van der Waals surface area contributed by atoms with Crippen molar-refractivity contribution in [1.82, 2.24) is 10.6 Å². The second-order valence-corrected chi connectivity index (χ2v) is 5.35. The van der Waals surface area contributed by atoms with Crippen LogP contribution in [0.4, 0.5) is 0 Å². The molecule has 2 aromatic carbocycles. The van der Waals surface area contributed by atoms with Crippen LogP contribution in [0.3, 0.4) is 0 Å². The van der Waals surface area contributed by atoms with Crippen LogP contribution in [0.5, 0.6) is 0 Å². The molecule has 0 aliphatic rings. The molecule has 0 aliphatic carbocycles. The SMILES string of the molecule is COCCCNC(=O)c1ccc(C(=O)NCc2ccccc2)cc1. The molecule has 2 amide bonds. The highest BCUT2D eigenvalue weighted by Gasteiger charge is 2.08. The van der Waals surface area contributed by atoms with Gasteiger partial charge in [-0.3, -0.25) is 9.59 Å². The molecule has 0 saturated heterocycles. The highest BCUT2D eigenvalue weighted by molar-refractivity contribution is 5.97. The van der Waals surface area contributed by atoms with E-state index in [0.717, 1.165) is 12.0 Å². The summed E-state index contributed by atoms with van der Waals surface area (Å²) < 4.78 is 4.93. The number of ether oxygens (including phenoxy) is 1. The van der Waals surface area contributed by atoms with Gasteiger partial charge < -0.3 is 15.4 Å². The number of benzene rings is 2. The Morgan fingerprint density at radius 3 is 2.04 bits per heavy atom. The third-order valence-electron chi connectivity index (χ3n) is 3.52. The fourth-order valence-electron chi connectivity index (χ4n) is 2.17. The van der Waals surface area contributed by atoms with E-state index >= 15 is 0 Å². The number of methoxy groups -OCH3 is 1. The molecule has 0 spiro atoms. The van der Waals surface area contributed by atoms with Crippen molar-refractivity contribution in [2.75, 3.05) is 20.3 Å². The van der Waals surface area contributed by atoms with Crippen LogP contribution >= 0.6 is 0 Å². The fourth-order valence-corrected chi connectivity index (χ4v) is 2.17. The predicted octanol–water partition coefficient (Wildman–Crippen LogP) is 2.38. The first-order chi connectivity index (χ1) is 11.7. The van der Waals surface area contributed by atoms with Gasteiger partial charge in [0.05, 0.1) is 0 Å². The number of carbonyl (C=O) groups is 2. The lowest BCUT2D eigenvalue weighted by Gasteiger charge is -2.07. The van der Waals surface area contributed by atoms with Gasteiger partial charge in [0.25, 0.3) is 11.8 Å². The molecule has 24 heavy (non-hydrogen) atoms. The summed E-state index contributed by atoms with van der Waals surface area (Å²) >= 11 is 0. The van der Waals surface area contributed by atoms with E-state index in [0.29, 0.717) is 30.8 Å². The number of carbonyl (C=O) groups excluding carboxylic acids is 2. The molecular formula is C19H22N2O3. The maximum atomic E-state index is 12.1. The van der Waals surface area contributed by atoms with Crippen molar-refractivity contribution < 1.29 is 14.3 Å². The number of hydrogen-bond donors (Lipinski definition) is 2. The Kier molecular flexibility index (Phi) is 6.98. The summed E-state index contributed by atoms with van der Waals surface area (Å²) in [5.41, 5.74) is 2.10. The largest absolute Gasteiger partial charge is 0.385 e. The van der Waals surface area contributed by atoms with Gasteiger partial charge in [0, 0.05) is 37.9 Å². The first kappa shape index (κ1) is 17.7. The lowest BCUT2D eigenvalue weighted by atomic mass is 10.1. The Labute approximate surface area is 142 Å². The van der Waals surface area contributed by atoms with Crippen molar-refractivity contribution in [2.24, 2.45) is 0 Å². The summed E-state index contributed by atoms with van der Waals surface area (Å²) in [6, 6.07) is 16.3. The second-order valence-electron chi connectivity index (χ2n) is 5.35. The average molecular weight is 326 g/mol. The lowest BCUT2D eigenvalue weighted by Crippen LogP contribution is -2.25. The molecule has 2 aromatic rings. The van der Waals surface area contributed by atoms with E-state index in [-0.39, 0.29) is 11.8 Å². The molecule has 2 N–H and O–H groups in total. The summed E-state index contributed by atoms with van der Waals surface area (Å²) in [6.07, 6.45) is 0.766. The zero-order chi connectivity index (χ0) is 17.2. The van der Waals surface area contributed by atoms with Gasteiger partial charge in [-0.25, -0.2) is 0 Å². The van der Waals surface area contributed by atoms with Gasteiger partial charge in [0.15, 0.2) is 0 Å². The first-order valence-corrected chi connectivity index (χ1v) is 7.90. The van der Waals surface area contributed by atoms with Gasteiger partial charge in [-0.15, -0.1) is 0 Å². The summed E-state index contributed by atoms with van der Waals surface area (Å²) in [6.45, 7) is 1.65. The second kappa shape index (κ2) is 9.47. The van der Waals surface area contributed by atoms with E-state index in [1.54, 1.807) is 31.4 Å². The van der Waals surface area contributed by atoms with Crippen molar-refractivity contribution >= 4 is 11.8 Å². The predicted molar refractivity (Wildman–Crippen MR) is 92.9 cm³/mol. The quantitative estimate of drug-likeness (QED) is 0.732. The van der Waals surface area contributed by atoms with Crippen LogP contribution in [0, 0.1) is 0 Å². The molecule has 0 heterocycles. The van der Waals surface area contributed by atoms with Gasteiger partial charge in [0.1, 0.15) is 0 Å². The number of nitrogens with one attached hydrogen (secondary N) is 2. The van der Waals surface area contributed by atoms with Crippen molar-refractivity contribution in [3.63, 3.8) is 0 Å². The van der Waals surface area contributed by atoms with Crippen LogP contribution < -0.4 is 10.6 Å². The highest BCUT2D eigenvalue weighted by atomic mass is 16.5. The molecule has 0 radical (unpaired) electrons. The minimum Gasteiger partial charge on any atom is -0.385 e. The van der Waals surface area contributed by atoms with Crippen LogP contribution in [0.15, 0.2) is 54.6 Å². The van der Waals surface area contributed by atoms with E-state index in [1.807, 2.05) is 30.3 Å². The lowest BCUT2D eigenvalue weighted by molar-refractivity contribution is 0.0937. The molecule has 2 rings (SSSR count). The molecule has 5 heteroatoms. The topological polar surface area (TPSA) is 67.4 Å². The van der Waals surface area contributed by atoms with E-state index in [2.05, 4.69) is 10.6 Å². The molecule has 0 fully saturated rings. The zero-order valence-corrected chi connectivity index (χ0v) is 13.7. The minimum atomic E-state index is -0.161. The van der Waals surface area contributed by atoms with E-state index in [9.17, 15) is 9.59 Å². The third kappa shape index (κ3) is 5.52. The molecule has 126 valence electrons. The molecule has 0 atom stereocenters. The molecule has 0 aromatic heterocycles. The maximum Gasteiger partial charge on any atom is 0.251 e. The van der Waals surface area contributed by atoms with E-state index in [1.165, 1.54) is 0 Å². The number of hydrogen-bond acceptors (Lipinski definition) is 3. The molecule has 5 nitrogen and oxygen atoms in total. The summed E-state index contributed by atoms with van der Waals surface area (Å²) in [4.78, 5) is 24.1. The smallest absolute Gasteiger partial charge is 0.251 e. The van der Waals surface area contributed by atoms with Gasteiger partial charge in [-0.2, -0.15) is 0 Å². The van der Waals surface area contributed by atoms with Crippen LogP contribution in [-0.4, -0.2) is 32.1 Å². The Bertz CT molecular complexity index is 654. The highest BCUT2D eigenvalue weighted by Crippen LogP contribution is 2.05. The molecule has 0 aliphatic heterocycles. The Morgan fingerprint density at radius 1 is 0.875 bits per heavy atom. The molecule has 0 saturated carbocycles. The zero-order valence-electron chi connectivity index (χ0n) is 13.7. The van der Waals surface area contributed by atoms with Crippen molar-refractivity contribution in [3.05, 3.63) is 71.3 Å². The van der Waals surface area contributed by atoms with Crippen LogP contribution in [0.25, 0.3) is 0 Å². The Hall–Kier alpha value is -2.66. The van der Waals surface area contributed by atoms with Crippen molar-refractivity contribution in [1.29, 1.82) is 0 Å². The van der Waals surface area contributed by atoms with Gasteiger partial charge in [-0.05, 0) is 36.2 Å². The average Bonchev–Trinajstić information content (AvgIpc) is 2.64. The van der Waals surface area contributed by atoms with Crippen LogP contribution in [0.2, 0.25) is 0 Å². The van der Waals surface area contributed by atoms with Crippen LogP contribution in [-0.2, 0) is 11.3 Å². The fraction of sp³-hybridized carbons (Fsp3) is 0.263. The van der Waals surface area contributed by atoms with Gasteiger partial charge >= 0.3 is 0 Å². The van der Waals surface area contributed by atoms with E-state index in [4.69, 9.17) is 4.74 Å². The molecular weight excluding hydrogens is 304 g/mol. The Morgan fingerprint density at radius 2 is 1.46 bits per heavy atom. The van der Waals surface area contributed by atoms with E-state index < -0.39 is 0 Å². The van der Waals surface area contributed by atoms with Crippen molar-refractivity contribution in [3.8, 4) is 0 Å². The standard InChI is InChI=1S/C19H22N2O3/c1-24-13-5-12-20-18(22)16-8-10-17(11-9-16)19(23)21-14-15-6-3-2-4-7-15/h2-4,6-11H,5,12-14H2,1H3,(H,20,22)(H,21,23). The van der Waals surface area contributed by atoms with Crippen molar-refractivity contribution in [2.45, 2.75) is 13.0 Å². The normalized spacial score (nSPS) is 10.2. The maximum absolute atomic E-state index is 12.1. The van der Waals surface area contributed by atoms with Crippen LogP contribution in [0.1, 0.15) is 32.7 Å².